The van der Waals surface area contributed by atoms with Crippen molar-refractivity contribution < 1.29 is 22.7 Å². The third-order valence-electron chi connectivity index (χ3n) is 3.31. The Labute approximate surface area is 148 Å². The molecule has 0 aliphatic carbocycles. The molecule has 0 aliphatic rings. The fraction of sp³-hybridized carbons (Fsp3) is 0.222. The van der Waals surface area contributed by atoms with Crippen LogP contribution in [0.4, 0.5) is 23.7 Å². The Balaban J connectivity index is 1.97. The van der Waals surface area contributed by atoms with Crippen molar-refractivity contribution in [1.29, 1.82) is 5.26 Å². The Kier molecular flexibility index (Phi) is 6.07. The third-order valence-corrected chi connectivity index (χ3v) is 3.31. The summed E-state index contributed by atoms with van der Waals surface area (Å²) in [6, 6.07) is 14.1. The van der Waals surface area contributed by atoms with E-state index in [1.165, 1.54) is 23.1 Å². The highest BCUT2D eigenvalue weighted by Crippen LogP contribution is 2.21. The maximum Gasteiger partial charge on any atom is 0.422 e. The van der Waals surface area contributed by atoms with Crippen molar-refractivity contribution in [2.75, 3.05) is 19.0 Å². The van der Waals surface area contributed by atoms with Crippen molar-refractivity contribution in [2.24, 2.45) is 0 Å². The van der Waals surface area contributed by atoms with Gasteiger partial charge in [-0.25, -0.2) is 4.79 Å². The number of nitrogens with one attached hydrogen (secondary N) is 1. The van der Waals surface area contributed by atoms with Crippen LogP contribution in [0.2, 0.25) is 0 Å². The summed E-state index contributed by atoms with van der Waals surface area (Å²) >= 11 is 0. The quantitative estimate of drug-likeness (QED) is 0.867. The SMILES string of the molecule is CN(Cc1cccc(C#N)c1)C(=O)Nc1cccc(OCC(F)(F)F)c1. The van der Waals surface area contributed by atoms with Crippen molar-refractivity contribution in [1.82, 2.24) is 4.90 Å². The van der Waals surface area contributed by atoms with E-state index >= 15 is 0 Å². The van der Waals surface area contributed by atoms with Gasteiger partial charge in [-0.3, -0.25) is 0 Å². The number of nitriles is 1. The van der Waals surface area contributed by atoms with E-state index in [9.17, 15) is 18.0 Å². The number of benzene rings is 2. The van der Waals surface area contributed by atoms with Gasteiger partial charge in [0.1, 0.15) is 5.75 Å². The standard InChI is InChI=1S/C18H16F3N3O2/c1-24(11-14-5-2-4-13(8-14)10-22)17(25)23-15-6-3-7-16(9-15)26-12-18(19,20)21/h2-9H,11-12H2,1H3,(H,23,25). The van der Waals surface area contributed by atoms with Crippen molar-refractivity contribution in [3.63, 3.8) is 0 Å². The molecule has 0 radical (unpaired) electrons. The number of anilines is 1. The molecule has 2 aromatic rings. The van der Waals surface area contributed by atoms with Gasteiger partial charge < -0.3 is 15.0 Å². The summed E-state index contributed by atoms with van der Waals surface area (Å²) in [7, 11) is 1.57. The number of ether oxygens (including phenoxy) is 1. The van der Waals surface area contributed by atoms with Crippen LogP contribution in [0, 0.1) is 11.3 Å². The number of carbonyl (C=O) groups is 1. The lowest BCUT2D eigenvalue weighted by Gasteiger charge is -2.18. The second-order valence-corrected chi connectivity index (χ2v) is 5.53. The topological polar surface area (TPSA) is 65.4 Å². The number of carbonyl (C=O) groups excluding carboxylic acids is 1. The van der Waals surface area contributed by atoms with Gasteiger partial charge in [0, 0.05) is 25.3 Å². The minimum absolute atomic E-state index is 0.00417. The molecule has 0 aromatic heterocycles. The average Bonchev–Trinajstić information content (AvgIpc) is 2.60. The molecule has 2 amide bonds. The van der Waals surface area contributed by atoms with Gasteiger partial charge in [0.05, 0.1) is 11.6 Å². The summed E-state index contributed by atoms with van der Waals surface area (Å²) < 4.78 is 41.2. The minimum Gasteiger partial charge on any atom is -0.484 e. The van der Waals surface area contributed by atoms with Gasteiger partial charge >= 0.3 is 12.2 Å². The Morgan fingerprint density at radius 2 is 1.96 bits per heavy atom. The number of halogens is 3. The molecule has 136 valence electrons. The Morgan fingerprint density at radius 1 is 1.23 bits per heavy atom. The largest absolute Gasteiger partial charge is 0.484 e. The van der Waals surface area contributed by atoms with Gasteiger partial charge in [-0.1, -0.05) is 18.2 Å². The maximum atomic E-state index is 12.2. The summed E-state index contributed by atoms with van der Waals surface area (Å²) in [6.07, 6.45) is -4.43. The van der Waals surface area contributed by atoms with Gasteiger partial charge in [-0.15, -0.1) is 0 Å². The van der Waals surface area contributed by atoms with E-state index in [0.717, 1.165) is 5.56 Å². The molecule has 2 rings (SSSR count). The van der Waals surface area contributed by atoms with E-state index in [0.29, 0.717) is 11.3 Å². The molecule has 8 heteroatoms. The van der Waals surface area contributed by atoms with Crippen LogP contribution >= 0.6 is 0 Å². The van der Waals surface area contributed by atoms with Crippen molar-refractivity contribution in [2.45, 2.75) is 12.7 Å². The molecule has 1 N–H and O–H groups in total. The highest BCUT2D eigenvalue weighted by molar-refractivity contribution is 5.89. The summed E-state index contributed by atoms with van der Waals surface area (Å²) in [6.45, 7) is -1.13. The molecule has 0 unspecified atom stereocenters. The summed E-state index contributed by atoms with van der Waals surface area (Å²) in [5.74, 6) is 0.00417. The third kappa shape index (κ3) is 6.02. The van der Waals surface area contributed by atoms with Gasteiger partial charge in [0.2, 0.25) is 0 Å². The van der Waals surface area contributed by atoms with Crippen molar-refractivity contribution >= 4 is 11.7 Å². The normalized spacial score (nSPS) is 10.7. The highest BCUT2D eigenvalue weighted by Gasteiger charge is 2.28. The van der Waals surface area contributed by atoms with Crippen LogP contribution in [-0.4, -0.2) is 30.8 Å². The lowest BCUT2D eigenvalue weighted by molar-refractivity contribution is -0.153. The van der Waals surface area contributed by atoms with Crippen LogP contribution in [0.25, 0.3) is 0 Å². The van der Waals surface area contributed by atoms with Gasteiger partial charge in [-0.05, 0) is 29.8 Å². The maximum absolute atomic E-state index is 12.2. The smallest absolute Gasteiger partial charge is 0.422 e. The lowest BCUT2D eigenvalue weighted by atomic mass is 10.1. The second kappa shape index (κ2) is 8.25. The molecule has 26 heavy (non-hydrogen) atoms. The number of rotatable bonds is 5. The minimum atomic E-state index is -4.43. The average molecular weight is 363 g/mol. The molecule has 0 aliphatic heterocycles. The molecule has 0 fully saturated rings. The second-order valence-electron chi connectivity index (χ2n) is 5.53. The van der Waals surface area contributed by atoms with Gasteiger partial charge in [0.15, 0.2) is 6.61 Å². The first kappa shape index (κ1) is 19.1. The summed E-state index contributed by atoms with van der Waals surface area (Å²) in [4.78, 5) is 13.6. The number of hydrogen-bond acceptors (Lipinski definition) is 3. The molecule has 0 bridgehead atoms. The van der Waals surface area contributed by atoms with Crippen molar-refractivity contribution in [3.8, 4) is 11.8 Å². The van der Waals surface area contributed by atoms with E-state index in [4.69, 9.17) is 5.26 Å². The summed E-state index contributed by atoms with van der Waals surface area (Å²) in [5, 5.41) is 11.5. The number of urea groups is 1. The molecule has 0 atom stereocenters. The zero-order valence-electron chi connectivity index (χ0n) is 13.9. The Morgan fingerprint density at radius 3 is 2.65 bits per heavy atom. The fourth-order valence-electron chi connectivity index (χ4n) is 2.13. The molecular weight excluding hydrogens is 347 g/mol. The zero-order valence-corrected chi connectivity index (χ0v) is 13.9. The van der Waals surface area contributed by atoms with Crippen LogP contribution in [0.1, 0.15) is 11.1 Å². The van der Waals surface area contributed by atoms with E-state index in [1.807, 2.05) is 6.07 Å². The Bertz CT molecular complexity index is 816. The lowest BCUT2D eigenvalue weighted by Crippen LogP contribution is -2.30. The first-order chi connectivity index (χ1) is 12.3. The number of amides is 2. The first-order valence-electron chi connectivity index (χ1n) is 7.57. The number of alkyl halides is 3. The molecule has 0 saturated heterocycles. The van der Waals surface area contributed by atoms with Gasteiger partial charge in [0.25, 0.3) is 0 Å². The number of hydrogen-bond donors (Lipinski definition) is 1. The molecule has 0 heterocycles. The predicted molar refractivity (Wildman–Crippen MR) is 89.6 cm³/mol. The highest BCUT2D eigenvalue weighted by atomic mass is 19.4. The zero-order chi connectivity index (χ0) is 19.2. The number of nitrogens with zero attached hydrogens (tertiary/aromatic N) is 2. The van der Waals surface area contributed by atoms with Crippen molar-refractivity contribution in [3.05, 3.63) is 59.7 Å². The predicted octanol–water partition coefficient (Wildman–Crippen LogP) is 4.16. The van der Waals surface area contributed by atoms with E-state index in [2.05, 4.69) is 10.1 Å². The molecular formula is C18H16F3N3O2. The van der Waals surface area contributed by atoms with E-state index in [1.54, 1.807) is 37.4 Å². The van der Waals surface area contributed by atoms with Crippen LogP contribution in [0.5, 0.6) is 5.75 Å². The molecule has 0 saturated carbocycles. The van der Waals surface area contributed by atoms with Crippen LogP contribution in [0.3, 0.4) is 0 Å². The summed E-state index contributed by atoms with van der Waals surface area (Å²) in [5.41, 5.74) is 1.59. The van der Waals surface area contributed by atoms with E-state index in [-0.39, 0.29) is 12.3 Å². The Hall–Kier alpha value is -3.21. The molecule has 2 aromatic carbocycles. The van der Waals surface area contributed by atoms with Crippen LogP contribution < -0.4 is 10.1 Å². The van der Waals surface area contributed by atoms with Gasteiger partial charge in [-0.2, -0.15) is 18.4 Å². The van der Waals surface area contributed by atoms with E-state index < -0.39 is 18.8 Å². The van der Waals surface area contributed by atoms with Crippen LogP contribution in [-0.2, 0) is 6.54 Å². The molecule has 0 spiro atoms. The first-order valence-corrected chi connectivity index (χ1v) is 7.57. The molecule has 5 nitrogen and oxygen atoms in total. The van der Waals surface area contributed by atoms with Crippen LogP contribution in [0.15, 0.2) is 48.5 Å². The monoisotopic (exact) mass is 363 g/mol. The fourth-order valence-corrected chi connectivity index (χ4v) is 2.13.